The molecule has 3 rings (SSSR count). The Morgan fingerprint density at radius 2 is 1.85 bits per heavy atom. The average Bonchev–Trinajstić information content (AvgIpc) is 2.68. The number of amides is 1. The van der Waals surface area contributed by atoms with Crippen LogP contribution < -0.4 is 4.90 Å². The Bertz CT molecular complexity index is 745. The maximum absolute atomic E-state index is 12.8. The van der Waals surface area contributed by atoms with Crippen LogP contribution in [0, 0.1) is 5.92 Å². The fourth-order valence-electron chi connectivity index (χ4n) is 3.74. The summed E-state index contributed by atoms with van der Waals surface area (Å²) in [5, 5.41) is 0. The number of rotatable bonds is 5. The Balaban J connectivity index is 1.57. The summed E-state index contributed by atoms with van der Waals surface area (Å²) in [4.78, 5) is 16.8. The van der Waals surface area contributed by atoms with Gasteiger partial charge in [0.25, 0.3) is 0 Å². The number of nitrogens with zero attached hydrogens (tertiary/aromatic N) is 3. The highest BCUT2D eigenvalue weighted by atomic mass is 32.2. The Hall–Kier alpha value is -1.64. The summed E-state index contributed by atoms with van der Waals surface area (Å²) in [6, 6.07) is 8.28. The van der Waals surface area contributed by atoms with Crippen LogP contribution in [-0.2, 0) is 26.1 Å². The van der Waals surface area contributed by atoms with Gasteiger partial charge in [-0.2, -0.15) is 0 Å². The molecule has 2 fully saturated rings. The molecule has 1 amide bonds. The fraction of sp³-hybridized carbons (Fsp3) is 0.632. The SMILES string of the molecule is CN(Cc1ccc(N2CCOCC2)cc1)C(=O)C1CCCN(S(C)(=O)=O)C1. The third-order valence-corrected chi connectivity index (χ3v) is 6.58. The highest BCUT2D eigenvalue weighted by molar-refractivity contribution is 7.88. The molecule has 150 valence electrons. The monoisotopic (exact) mass is 395 g/mol. The van der Waals surface area contributed by atoms with Gasteiger partial charge < -0.3 is 14.5 Å². The molecule has 0 aliphatic carbocycles. The minimum atomic E-state index is -3.24. The topological polar surface area (TPSA) is 70.2 Å². The summed E-state index contributed by atoms with van der Waals surface area (Å²) in [6.07, 6.45) is 2.68. The first-order valence-corrected chi connectivity index (χ1v) is 11.3. The van der Waals surface area contributed by atoms with Crippen molar-refractivity contribution in [2.45, 2.75) is 19.4 Å². The predicted molar refractivity (Wildman–Crippen MR) is 105 cm³/mol. The highest BCUT2D eigenvalue weighted by Crippen LogP contribution is 2.22. The molecule has 1 atom stereocenters. The van der Waals surface area contributed by atoms with Crippen molar-refractivity contribution in [3.8, 4) is 0 Å². The summed E-state index contributed by atoms with van der Waals surface area (Å²) >= 11 is 0. The maximum atomic E-state index is 12.8. The zero-order valence-corrected chi connectivity index (χ0v) is 17.0. The normalized spacial score (nSPS) is 21.9. The standard InChI is InChI=1S/C19H29N3O4S/c1-20(19(23)17-4-3-9-22(15-17)27(2,24)25)14-16-5-7-18(8-6-16)21-10-12-26-13-11-21/h5-8,17H,3-4,9-15H2,1-2H3. The van der Waals surface area contributed by atoms with Crippen molar-refractivity contribution in [3.63, 3.8) is 0 Å². The Morgan fingerprint density at radius 1 is 1.19 bits per heavy atom. The molecule has 0 radical (unpaired) electrons. The highest BCUT2D eigenvalue weighted by Gasteiger charge is 2.31. The van der Waals surface area contributed by atoms with E-state index in [2.05, 4.69) is 29.2 Å². The van der Waals surface area contributed by atoms with E-state index in [1.165, 1.54) is 16.2 Å². The molecule has 2 heterocycles. The van der Waals surface area contributed by atoms with E-state index in [4.69, 9.17) is 4.74 Å². The molecule has 2 saturated heterocycles. The summed E-state index contributed by atoms with van der Waals surface area (Å²) < 4.78 is 30.3. The largest absolute Gasteiger partial charge is 0.378 e. The van der Waals surface area contributed by atoms with E-state index < -0.39 is 10.0 Å². The van der Waals surface area contributed by atoms with Gasteiger partial charge >= 0.3 is 0 Å². The number of carbonyl (C=O) groups excluding carboxylic acids is 1. The van der Waals surface area contributed by atoms with Crippen LogP contribution in [0.25, 0.3) is 0 Å². The van der Waals surface area contributed by atoms with E-state index in [0.29, 0.717) is 13.1 Å². The van der Waals surface area contributed by atoms with Gasteiger partial charge in [0.05, 0.1) is 25.4 Å². The molecule has 0 saturated carbocycles. The fourth-order valence-corrected chi connectivity index (χ4v) is 4.65. The third-order valence-electron chi connectivity index (χ3n) is 5.31. The number of anilines is 1. The second-order valence-corrected chi connectivity index (χ2v) is 9.40. The van der Waals surface area contributed by atoms with E-state index in [1.54, 1.807) is 11.9 Å². The van der Waals surface area contributed by atoms with E-state index in [9.17, 15) is 13.2 Å². The lowest BCUT2D eigenvalue weighted by Crippen LogP contribution is -2.45. The molecule has 0 N–H and O–H groups in total. The quantitative estimate of drug-likeness (QED) is 0.748. The van der Waals surface area contributed by atoms with E-state index in [0.717, 1.165) is 44.7 Å². The van der Waals surface area contributed by atoms with Gasteiger partial charge in [-0.05, 0) is 30.5 Å². The van der Waals surface area contributed by atoms with Gasteiger partial charge in [0.15, 0.2) is 0 Å². The molecular weight excluding hydrogens is 366 g/mol. The number of hydrogen-bond donors (Lipinski definition) is 0. The lowest BCUT2D eigenvalue weighted by atomic mass is 9.98. The Labute approximate surface area is 161 Å². The molecule has 1 unspecified atom stereocenters. The third kappa shape index (κ3) is 5.21. The minimum absolute atomic E-state index is 0.0144. The first-order valence-electron chi connectivity index (χ1n) is 9.46. The number of sulfonamides is 1. The second-order valence-electron chi connectivity index (χ2n) is 7.42. The summed E-state index contributed by atoms with van der Waals surface area (Å²) in [6.45, 7) is 4.63. The number of morpholine rings is 1. The van der Waals surface area contributed by atoms with Gasteiger partial charge in [-0.15, -0.1) is 0 Å². The lowest BCUT2D eigenvalue weighted by Gasteiger charge is -2.32. The van der Waals surface area contributed by atoms with Gasteiger partial charge in [0.1, 0.15) is 0 Å². The van der Waals surface area contributed by atoms with Gasteiger partial charge in [-0.25, -0.2) is 12.7 Å². The Morgan fingerprint density at radius 3 is 2.48 bits per heavy atom. The van der Waals surface area contributed by atoms with Crippen LogP contribution in [0.5, 0.6) is 0 Å². The summed E-state index contributed by atoms with van der Waals surface area (Å²) in [7, 11) is -1.45. The second kappa shape index (κ2) is 8.58. The van der Waals surface area contributed by atoms with Crippen LogP contribution in [-0.4, -0.2) is 76.2 Å². The van der Waals surface area contributed by atoms with Crippen LogP contribution in [0.4, 0.5) is 5.69 Å². The molecule has 0 aromatic heterocycles. The van der Waals surface area contributed by atoms with Crippen LogP contribution in [0.3, 0.4) is 0 Å². The number of benzene rings is 1. The van der Waals surface area contributed by atoms with Crippen molar-refractivity contribution in [1.82, 2.24) is 9.21 Å². The van der Waals surface area contributed by atoms with Crippen molar-refractivity contribution in [2.24, 2.45) is 5.92 Å². The van der Waals surface area contributed by atoms with E-state index in [1.807, 2.05) is 0 Å². The van der Waals surface area contributed by atoms with Crippen LogP contribution in [0.15, 0.2) is 24.3 Å². The lowest BCUT2D eigenvalue weighted by molar-refractivity contribution is -0.135. The van der Waals surface area contributed by atoms with Gasteiger partial charge in [-0.1, -0.05) is 12.1 Å². The number of piperidine rings is 1. The van der Waals surface area contributed by atoms with Crippen molar-refractivity contribution in [3.05, 3.63) is 29.8 Å². The summed E-state index contributed by atoms with van der Waals surface area (Å²) in [5.74, 6) is -0.244. The number of hydrogen-bond acceptors (Lipinski definition) is 5. The van der Waals surface area contributed by atoms with Crippen molar-refractivity contribution < 1.29 is 17.9 Å². The smallest absolute Gasteiger partial charge is 0.227 e. The molecule has 1 aromatic carbocycles. The molecule has 7 nitrogen and oxygen atoms in total. The molecular formula is C19H29N3O4S. The molecule has 2 aliphatic rings. The van der Waals surface area contributed by atoms with Gasteiger partial charge in [0, 0.05) is 45.5 Å². The summed E-state index contributed by atoms with van der Waals surface area (Å²) in [5.41, 5.74) is 2.24. The molecule has 0 bridgehead atoms. The first kappa shape index (κ1) is 20.1. The van der Waals surface area contributed by atoms with Crippen molar-refractivity contribution in [1.29, 1.82) is 0 Å². The molecule has 1 aromatic rings. The van der Waals surface area contributed by atoms with Gasteiger partial charge in [0.2, 0.25) is 15.9 Å². The Kier molecular flexibility index (Phi) is 6.39. The first-order chi connectivity index (χ1) is 12.8. The molecule has 0 spiro atoms. The van der Waals surface area contributed by atoms with Crippen LogP contribution in [0.1, 0.15) is 18.4 Å². The molecule has 2 aliphatic heterocycles. The number of carbonyl (C=O) groups is 1. The van der Waals surface area contributed by atoms with E-state index in [-0.39, 0.29) is 18.4 Å². The predicted octanol–water partition coefficient (Wildman–Crippen LogP) is 1.15. The van der Waals surface area contributed by atoms with Crippen molar-refractivity contribution >= 4 is 21.6 Å². The van der Waals surface area contributed by atoms with Crippen LogP contribution in [0.2, 0.25) is 0 Å². The zero-order valence-electron chi connectivity index (χ0n) is 16.1. The molecule has 27 heavy (non-hydrogen) atoms. The minimum Gasteiger partial charge on any atom is -0.378 e. The van der Waals surface area contributed by atoms with Gasteiger partial charge in [-0.3, -0.25) is 4.79 Å². The zero-order chi connectivity index (χ0) is 19.4. The molecule has 8 heteroatoms. The van der Waals surface area contributed by atoms with Crippen LogP contribution >= 0.6 is 0 Å². The number of ether oxygens (including phenoxy) is 1. The average molecular weight is 396 g/mol. The van der Waals surface area contributed by atoms with Crippen molar-refractivity contribution in [2.75, 3.05) is 57.6 Å². The maximum Gasteiger partial charge on any atom is 0.227 e. The van der Waals surface area contributed by atoms with E-state index >= 15 is 0 Å².